The van der Waals surface area contributed by atoms with Gasteiger partial charge >= 0.3 is 5.97 Å². The Hall–Kier alpha value is -4.38. The number of carboxylic acid groups (broad SMARTS) is 1. The first-order chi connectivity index (χ1) is 21.4. The fraction of sp³-hybridized carbons (Fsp3) is 0.412. The normalized spacial score (nSPS) is 15.3. The van der Waals surface area contributed by atoms with Crippen molar-refractivity contribution in [2.24, 2.45) is 5.92 Å². The molecule has 3 aromatic heterocycles. The monoisotopic (exact) mass is 619 g/mol. The second-order valence-electron chi connectivity index (χ2n) is 12.4. The Morgan fingerprint density at radius 1 is 1.13 bits per heavy atom. The molecule has 0 spiro atoms. The number of aromatic nitrogens is 3. The Kier molecular flexibility index (Phi) is 9.48. The second-order valence-corrected chi connectivity index (χ2v) is 12.4. The highest BCUT2D eigenvalue weighted by Gasteiger charge is 2.30. The number of aryl methyl sites for hydroxylation is 2. The van der Waals surface area contributed by atoms with Gasteiger partial charge in [-0.1, -0.05) is 32.0 Å². The number of alkyl halides is 1. The Bertz CT molecular complexity index is 1760. The summed E-state index contributed by atoms with van der Waals surface area (Å²) in [4.78, 5) is 45.6. The van der Waals surface area contributed by atoms with Gasteiger partial charge in [-0.25, -0.2) is 13.8 Å². The number of carbonyl (C=O) groups excluding carboxylic acids is 1. The number of carboxylic acids is 1. The summed E-state index contributed by atoms with van der Waals surface area (Å²) in [7, 11) is 0. The van der Waals surface area contributed by atoms with E-state index in [1.165, 1.54) is 12.3 Å². The molecule has 45 heavy (non-hydrogen) atoms. The minimum absolute atomic E-state index is 0.0437. The van der Waals surface area contributed by atoms with E-state index in [0.717, 1.165) is 26.8 Å². The van der Waals surface area contributed by atoms with E-state index < -0.39 is 47.9 Å². The number of hydrogen-bond donors (Lipinski definition) is 2. The predicted octanol–water partition coefficient (Wildman–Crippen LogP) is 5.03. The molecule has 9 nitrogen and oxygen atoms in total. The van der Waals surface area contributed by atoms with E-state index in [0.29, 0.717) is 42.8 Å². The van der Waals surface area contributed by atoms with Crippen molar-refractivity contribution in [2.45, 2.75) is 65.2 Å². The molecule has 11 heteroatoms. The molecule has 5 rings (SSSR count). The Labute approximate surface area is 260 Å². The largest absolute Gasteiger partial charge is 0.481 e. The molecule has 2 N–H and O–H groups in total. The molecule has 1 aliphatic heterocycles. The number of benzene rings is 1. The number of nitrogens with zero attached hydrogens (tertiary/aromatic N) is 4. The van der Waals surface area contributed by atoms with Crippen LogP contribution in [0.5, 0.6) is 0 Å². The van der Waals surface area contributed by atoms with Crippen LogP contribution in [0.4, 0.5) is 8.78 Å². The molecule has 4 aromatic rings. The highest BCUT2D eigenvalue weighted by Crippen LogP contribution is 2.33. The van der Waals surface area contributed by atoms with Gasteiger partial charge in [0.2, 0.25) is 5.91 Å². The summed E-state index contributed by atoms with van der Waals surface area (Å²) >= 11 is 0. The maximum absolute atomic E-state index is 14.9. The highest BCUT2D eigenvalue weighted by atomic mass is 19.1. The van der Waals surface area contributed by atoms with Gasteiger partial charge in [-0.3, -0.25) is 19.3 Å². The van der Waals surface area contributed by atoms with Gasteiger partial charge in [0.15, 0.2) is 5.82 Å². The van der Waals surface area contributed by atoms with E-state index in [-0.39, 0.29) is 12.3 Å². The van der Waals surface area contributed by atoms with Gasteiger partial charge in [-0.2, -0.15) is 0 Å². The molecular formula is C34H39F2N5O4. The number of carbonyl (C=O) groups is 2. The zero-order valence-electron chi connectivity index (χ0n) is 26.0. The lowest BCUT2D eigenvalue weighted by atomic mass is 9.93. The molecule has 238 valence electrons. The van der Waals surface area contributed by atoms with E-state index in [9.17, 15) is 28.3 Å². The van der Waals surface area contributed by atoms with Crippen molar-refractivity contribution in [1.29, 1.82) is 0 Å². The molecule has 0 radical (unpaired) electrons. The van der Waals surface area contributed by atoms with Gasteiger partial charge in [-0.15, -0.1) is 0 Å². The summed E-state index contributed by atoms with van der Waals surface area (Å²) < 4.78 is 31.1. The van der Waals surface area contributed by atoms with E-state index in [4.69, 9.17) is 0 Å². The Balaban J connectivity index is 1.51. The smallest absolute Gasteiger partial charge is 0.305 e. The fourth-order valence-corrected chi connectivity index (χ4v) is 6.12. The number of halogens is 2. The van der Waals surface area contributed by atoms with Crippen LogP contribution < -0.4 is 10.9 Å². The van der Waals surface area contributed by atoms with Crippen molar-refractivity contribution in [1.82, 2.24) is 24.2 Å². The average Bonchev–Trinajstić information content (AvgIpc) is 3.43. The standard InChI is InChI=1S/C34H39F2N5O4/c1-20(2)12-29(41-16-23(13-27(36)34(41)45)8-10-39-18-25(35)19-39)33(44)38-28(15-30(42)43)24-14-26(32-37-9-11-40(32)17-24)31-21(3)6-5-7-22(31)4/h5-7,9,11,13-14,16-17,20,25,28-29H,8,10,12,15,18-19H2,1-4H3,(H,38,44)(H,42,43)/t28-,29+/m1/s1. The molecule has 0 saturated carbocycles. The molecule has 0 aliphatic carbocycles. The molecule has 1 aromatic carbocycles. The number of pyridine rings is 2. The SMILES string of the molecule is Cc1cccc(C)c1-c1cc([C@@H](CC(=O)O)NC(=O)[C@H](CC(C)C)n2cc(CCN3CC(F)C3)cc(F)c2=O)cn2ccnc12. The van der Waals surface area contributed by atoms with Crippen LogP contribution in [0.3, 0.4) is 0 Å². The lowest BCUT2D eigenvalue weighted by Crippen LogP contribution is -2.49. The molecule has 1 saturated heterocycles. The predicted molar refractivity (Wildman–Crippen MR) is 167 cm³/mol. The minimum Gasteiger partial charge on any atom is -0.481 e. The van der Waals surface area contributed by atoms with Crippen molar-refractivity contribution in [3.05, 3.63) is 93.5 Å². The summed E-state index contributed by atoms with van der Waals surface area (Å²) in [6.07, 6.45) is 5.99. The molecule has 1 fully saturated rings. The summed E-state index contributed by atoms with van der Waals surface area (Å²) in [5.41, 5.74) is 4.62. The van der Waals surface area contributed by atoms with Crippen molar-refractivity contribution < 1.29 is 23.5 Å². The number of rotatable bonds is 12. The van der Waals surface area contributed by atoms with Gasteiger partial charge in [0.1, 0.15) is 17.9 Å². The quantitative estimate of drug-likeness (QED) is 0.230. The van der Waals surface area contributed by atoms with E-state index in [1.807, 2.05) is 56.9 Å². The van der Waals surface area contributed by atoms with Crippen LogP contribution in [-0.2, 0) is 16.0 Å². The molecule has 1 amide bonds. The van der Waals surface area contributed by atoms with Gasteiger partial charge in [-0.05, 0) is 72.6 Å². The Morgan fingerprint density at radius 2 is 1.84 bits per heavy atom. The number of likely N-dealkylation sites (tertiary alicyclic amines) is 1. The zero-order chi connectivity index (χ0) is 32.4. The van der Waals surface area contributed by atoms with Gasteiger partial charge in [0, 0.05) is 50.0 Å². The number of imidazole rings is 1. The Morgan fingerprint density at radius 3 is 2.49 bits per heavy atom. The third kappa shape index (κ3) is 7.14. The van der Waals surface area contributed by atoms with Gasteiger partial charge in [0.25, 0.3) is 5.56 Å². The minimum atomic E-state index is -1.12. The molecule has 2 atom stereocenters. The van der Waals surface area contributed by atoms with Crippen molar-refractivity contribution in [3.63, 3.8) is 0 Å². The molecule has 4 heterocycles. The van der Waals surface area contributed by atoms with Crippen molar-refractivity contribution in [3.8, 4) is 11.1 Å². The van der Waals surface area contributed by atoms with Crippen LogP contribution in [0, 0.1) is 25.6 Å². The zero-order valence-corrected chi connectivity index (χ0v) is 26.0. The number of nitrogens with one attached hydrogen (secondary N) is 1. The molecule has 0 bridgehead atoms. The summed E-state index contributed by atoms with van der Waals surface area (Å²) in [5, 5.41) is 12.8. The summed E-state index contributed by atoms with van der Waals surface area (Å²) in [5.74, 6) is -2.73. The fourth-order valence-electron chi connectivity index (χ4n) is 6.12. The van der Waals surface area contributed by atoms with Crippen LogP contribution in [0.25, 0.3) is 16.8 Å². The first-order valence-electron chi connectivity index (χ1n) is 15.2. The number of amides is 1. The van der Waals surface area contributed by atoms with Crippen LogP contribution in [0.2, 0.25) is 0 Å². The number of hydrogen-bond acceptors (Lipinski definition) is 5. The second kappa shape index (κ2) is 13.3. The molecular weight excluding hydrogens is 580 g/mol. The van der Waals surface area contributed by atoms with E-state index in [2.05, 4.69) is 10.3 Å². The molecule has 1 aliphatic rings. The highest BCUT2D eigenvalue weighted by molar-refractivity contribution is 5.84. The summed E-state index contributed by atoms with van der Waals surface area (Å²) in [6, 6.07) is 6.93. The maximum Gasteiger partial charge on any atom is 0.305 e. The summed E-state index contributed by atoms with van der Waals surface area (Å²) in [6.45, 7) is 8.91. The van der Waals surface area contributed by atoms with Crippen LogP contribution in [-0.4, -0.2) is 61.6 Å². The van der Waals surface area contributed by atoms with E-state index in [1.54, 1.807) is 23.0 Å². The van der Waals surface area contributed by atoms with Gasteiger partial charge in [0.05, 0.1) is 12.5 Å². The maximum atomic E-state index is 14.9. The number of fused-ring (bicyclic) bond motifs is 1. The lowest BCUT2D eigenvalue weighted by Gasteiger charge is -2.34. The van der Waals surface area contributed by atoms with Crippen molar-refractivity contribution >= 4 is 17.5 Å². The number of aliphatic carboxylic acids is 1. The van der Waals surface area contributed by atoms with Crippen LogP contribution in [0.15, 0.2) is 59.9 Å². The first kappa shape index (κ1) is 32.0. The van der Waals surface area contributed by atoms with Gasteiger partial charge < -0.3 is 19.4 Å². The molecule has 0 unspecified atom stereocenters. The van der Waals surface area contributed by atoms with Crippen molar-refractivity contribution in [2.75, 3.05) is 19.6 Å². The van der Waals surface area contributed by atoms with E-state index >= 15 is 0 Å². The first-order valence-corrected chi connectivity index (χ1v) is 15.2. The third-order valence-electron chi connectivity index (χ3n) is 8.38. The lowest BCUT2D eigenvalue weighted by molar-refractivity contribution is -0.138. The topological polar surface area (TPSA) is 109 Å². The van der Waals surface area contributed by atoms with Crippen LogP contribution >= 0.6 is 0 Å². The third-order valence-corrected chi connectivity index (χ3v) is 8.38. The van der Waals surface area contributed by atoms with Crippen LogP contribution in [0.1, 0.15) is 61.0 Å². The average molecular weight is 620 g/mol.